The van der Waals surface area contributed by atoms with E-state index in [0.717, 1.165) is 16.6 Å². The van der Waals surface area contributed by atoms with Crippen molar-refractivity contribution >= 4 is 26.0 Å². The Morgan fingerprint density at radius 1 is 0.955 bits per heavy atom. The molecule has 0 aliphatic heterocycles. The Morgan fingerprint density at radius 3 is 2.00 bits per heavy atom. The van der Waals surface area contributed by atoms with Crippen molar-refractivity contribution in [2.75, 3.05) is 0 Å². The van der Waals surface area contributed by atoms with Gasteiger partial charge in [-0.05, 0) is 42.0 Å². The van der Waals surface area contributed by atoms with E-state index in [1.807, 2.05) is 0 Å². The van der Waals surface area contributed by atoms with Gasteiger partial charge in [0.2, 0.25) is 10.0 Å². The van der Waals surface area contributed by atoms with Crippen LogP contribution < -0.4 is 4.72 Å². The Labute approximate surface area is 134 Å². The van der Waals surface area contributed by atoms with Crippen LogP contribution >= 0.6 is 15.9 Å². The molecule has 2 aromatic carbocycles. The summed E-state index contributed by atoms with van der Waals surface area (Å²) in [7, 11) is -3.71. The number of alkyl halides is 3. The summed E-state index contributed by atoms with van der Waals surface area (Å²) in [4.78, 5) is 0.0858. The van der Waals surface area contributed by atoms with Gasteiger partial charge in [-0.3, -0.25) is 0 Å². The highest BCUT2D eigenvalue weighted by Crippen LogP contribution is 2.29. The summed E-state index contributed by atoms with van der Waals surface area (Å²) in [5, 5.41) is 0. The normalized spacial score (nSPS) is 12.4. The molecule has 2 aromatic rings. The maximum atomic E-state index is 12.4. The molecule has 0 unspecified atom stereocenters. The average Bonchev–Trinajstić information content (AvgIpc) is 2.45. The van der Waals surface area contributed by atoms with Crippen molar-refractivity contribution in [1.29, 1.82) is 0 Å². The molecule has 22 heavy (non-hydrogen) atoms. The first-order chi connectivity index (χ1) is 10.2. The highest BCUT2D eigenvalue weighted by atomic mass is 79.9. The van der Waals surface area contributed by atoms with E-state index in [9.17, 15) is 21.6 Å². The maximum Gasteiger partial charge on any atom is 0.416 e. The second-order valence-corrected chi connectivity index (χ2v) is 7.16. The second-order valence-electron chi connectivity index (χ2n) is 4.47. The molecule has 0 bridgehead atoms. The number of sulfonamides is 1. The topological polar surface area (TPSA) is 46.2 Å². The van der Waals surface area contributed by atoms with Crippen LogP contribution in [0.1, 0.15) is 11.1 Å². The minimum Gasteiger partial charge on any atom is -0.207 e. The van der Waals surface area contributed by atoms with Crippen molar-refractivity contribution in [1.82, 2.24) is 4.72 Å². The quantitative estimate of drug-likeness (QED) is 0.854. The van der Waals surface area contributed by atoms with Crippen LogP contribution in [0, 0.1) is 0 Å². The van der Waals surface area contributed by atoms with Gasteiger partial charge in [-0.15, -0.1) is 0 Å². The highest BCUT2D eigenvalue weighted by Gasteiger charge is 2.29. The van der Waals surface area contributed by atoms with Gasteiger partial charge in [0.25, 0.3) is 0 Å². The number of benzene rings is 2. The van der Waals surface area contributed by atoms with Gasteiger partial charge in [0.15, 0.2) is 0 Å². The predicted molar refractivity (Wildman–Crippen MR) is 79.6 cm³/mol. The van der Waals surface area contributed by atoms with Gasteiger partial charge in [-0.2, -0.15) is 13.2 Å². The Balaban J connectivity index is 2.07. The summed E-state index contributed by atoms with van der Waals surface area (Å²) in [6.07, 6.45) is -4.41. The molecule has 0 heterocycles. The lowest BCUT2D eigenvalue weighted by Crippen LogP contribution is -2.23. The molecule has 0 saturated heterocycles. The van der Waals surface area contributed by atoms with Crippen LogP contribution in [0.2, 0.25) is 0 Å². The van der Waals surface area contributed by atoms with Crippen molar-refractivity contribution < 1.29 is 21.6 Å². The summed E-state index contributed by atoms with van der Waals surface area (Å²) in [5.74, 6) is 0. The molecule has 0 radical (unpaired) electrons. The van der Waals surface area contributed by atoms with Gasteiger partial charge in [0.1, 0.15) is 0 Å². The fourth-order valence-corrected chi connectivity index (χ4v) is 2.97. The summed E-state index contributed by atoms with van der Waals surface area (Å²) in [6.45, 7) is -0.0868. The lowest BCUT2D eigenvalue weighted by Gasteiger charge is -2.09. The van der Waals surface area contributed by atoms with Gasteiger partial charge in [0.05, 0.1) is 10.5 Å². The second kappa shape index (κ2) is 6.39. The monoisotopic (exact) mass is 393 g/mol. The third kappa shape index (κ3) is 4.31. The average molecular weight is 394 g/mol. The van der Waals surface area contributed by atoms with Crippen LogP contribution in [-0.2, 0) is 22.7 Å². The van der Waals surface area contributed by atoms with Gasteiger partial charge in [-0.1, -0.05) is 28.1 Å². The summed E-state index contributed by atoms with van der Waals surface area (Å²) >= 11 is 3.20. The van der Waals surface area contributed by atoms with Crippen LogP contribution in [0.3, 0.4) is 0 Å². The molecule has 0 aromatic heterocycles. The third-order valence-electron chi connectivity index (χ3n) is 2.87. The molecular formula is C14H11BrF3NO2S. The van der Waals surface area contributed by atoms with E-state index in [0.29, 0.717) is 5.56 Å². The zero-order valence-corrected chi connectivity index (χ0v) is 13.5. The maximum absolute atomic E-state index is 12.4. The van der Waals surface area contributed by atoms with Crippen molar-refractivity contribution in [3.8, 4) is 0 Å². The van der Waals surface area contributed by atoms with Crippen molar-refractivity contribution in [2.45, 2.75) is 17.6 Å². The van der Waals surface area contributed by atoms with Crippen molar-refractivity contribution in [2.24, 2.45) is 0 Å². The van der Waals surface area contributed by atoms with Crippen LogP contribution in [0.5, 0.6) is 0 Å². The standard InChI is InChI=1S/C14H11BrF3NO2S/c15-12-5-7-13(8-6-12)22(20,21)19-9-10-1-3-11(4-2-10)14(16,17)18/h1-8,19H,9H2. The van der Waals surface area contributed by atoms with Crippen LogP contribution in [0.15, 0.2) is 57.9 Å². The summed E-state index contributed by atoms with van der Waals surface area (Å²) in [5.41, 5.74) is -0.333. The highest BCUT2D eigenvalue weighted by molar-refractivity contribution is 9.10. The van der Waals surface area contributed by atoms with Gasteiger partial charge in [-0.25, -0.2) is 13.1 Å². The zero-order valence-electron chi connectivity index (χ0n) is 11.1. The molecule has 0 fully saturated rings. The smallest absolute Gasteiger partial charge is 0.207 e. The Hall–Kier alpha value is -1.38. The van der Waals surface area contributed by atoms with Gasteiger partial charge < -0.3 is 0 Å². The number of hydrogen-bond acceptors (Lipinski definition) is 2. The molecule has 8 heteroatoms. The fraction of sp³-hybridized carbons (Fsp3) is 0.143. The molecule has 0 aliphatic rings. The van der Waals surface area contributed by atoms with E-state index in [2.05, 4.69) is 20.7 Å². The minimum absolute atomic E-state index is 0.0858. The molecule has 1 N–H and O–H groups in total. The Kier molecular flexibility index (Phi) is 4.93. The first-order valence-electron chi connectivity index (χ1n) is 6.10. The zero-order chi connectivity index (χ0) is 16.4. The number of halogens is 4. The van der Waals surface area contributed by atoms with Crippen molar-refractivity contribution in [3.05, 3.63) is 64.1 Å². The fourth-order valence-electron chi connectivity index (χ4n) is 1.69. The summed E-state index contributed by atoms with van der Waals surface area (Å²) < 4.78 is 64.5. The van der Waals surface area contributed by atoms with E-state index in [4.69, 9.17) is 0 Å². The molecular weight excluding hydrogens is 383 g/mol. The lowest BCUT2D eigenvalue weighted by atomic mass is 10.1. The van der Waals surface area contributed by atoms with Crippen LogP contribution in [0.4, 0.5) is 13.2 Å². The number of rotatable bonds is 4. The first kappa shape index (κ1) is 17.0. The van der Waals surface area contributed by atoms with Crippen LogP contribution in [-0.4, -0.2) is 8.42 Å². The largest absolute Gasteiger partial charge is 0.416 e. The van der Waals surface area contributed by atoms with E-state index in [1.165, 1.54) is 24.3 Å². The van der Waals surface area contributed by atoms with E-state index in [1.54, 1.807) is 12.1 Å². The van der Waals surface area contributed by atoms with E-state index >= 15 is 0 Å². The first-order valence-corrected chi connectivity index (χ1v) is 8.37. The molecule has 118 valence electrons. The third-order valence-corrected chi connectivity index (χ3v) is 4.82. The van der Waals surface area contributed by atoms with E-state index in [-0.39, 0.29) is 11.4 Å². The lowest BCUT2D eigenvalue weighted by molar-refractivity contribution is -0.137. The summed E-state index contributed by atoms with van der Waals surface area (Å²) in [6, 6.07) is 10.4. The van der Waals surface area contributed by atoms with Gasteiger partial charge in [0, 0.05) is 11.0 Å². The predicted octanol–water partition coefficient (Wildman–Crippen LogP) is 3.95. The molecule has 0 atom stereocenters. The van der Waals surface area contributed by atoms with Gasteiger partial charge >= 0.3 is 6.18 Å². The molecule has 3 nitrogen and oxygen atoms in total. The number of hydrogen-bond donors (Lipinski definition) is 1. The Morgan fingerprint density at radius 2 is 1.50 bits per heavy atom. The minimum atomic E-state index is -4.41. The molecule has 2 rings (SSSR count). The van der Waals surface area contributed by atoms with E-state index < -0.39 is 21.8 Å². The molecule has 0 saturated carbocycles. The molecule has 0 aliphatic carbocycles. The SMILES string of the molecule is O=S(=O)(NCc1ccc(C(F)(F)F)cc1)c1ccc(Br)cc1. The van der Waals surface area contributed by atoms with Crippen molar-refractivity contribution in [3.63, 3.8) is 0 Å². The Bertz CT molecular complexity index is 741. The number of nitrogens with one attached hydrogen (secondary N) is 1. The molecule has 0 spiro atoms. The van der Waals surface area contributed by atoms with Crippen LogP contribution in [0.25, 0.3) is 0 Å². The molecule has 0 amide bonds.